The van der Waals surface area contributed by atoms with Gasteiger partial charge in [-0.3, -0.25) is 4.79 Å². The Morgan fingerprint density at radius 1 is 1.22 bits per heavy atom. The van der Waals surface area contributed by atoms with E-state index in [4.69, 9.17) is 16.3 Å². The van der Waals surface area contributed by atoms with E-state index in [0.717, 1.165) is 36.8 Å². The van der Waals surface area contributed by atoms with Crippen LogP contribution in [0.25, 0.3) is 11.4 Å². The highest BCUT2D eigenvalue weighted by Gasteiger charge is 2.27. The Labute approximate surface area is 199 Å². The van der Waals surface area contributed by atoms with Crippen LogP contribution < -0.4 is 5.32 Å². The summed E-state index contributed by atoms with van der Waals surface area (Å²) < 4.78 is 7.10. The van der Waals surface area contributed by atoms with E-state index < -0.39 is 0 Å². The van der Waals surface area contributed by atoms with Crippen LogP contribution in [-0.4, -0.2) is 39.0 Å². The largest absolute Gasteiger partial charge is 0.462 e. The molecule has 0 spiro atoms. The quantitative estimate of drug-likeness (QED) is 0.371. The Morgan fingerprint density at radius 2 is 1.97 bits per heavy atom. The number of nitrogens with one attached hydrogen (secondary N) is 1. The van der Waals surface area contributed by atoms with E-state index in [1.807, 2.05) is 23.7 Å². The number of anilines is 1. The molecule has 0 saturated carbocycles. The molecular formula is C22H23ClN4O3S2. The SMILES string of the molecule is CCOC(=O)c1c(NC(=O)CSc2nnc(-c3ccc(Cl)cc3)n2C)sc2c1CCCC2. The third-order valence-corrected chi connectivity index (χ3v) is 7.65. The van der Waals surface area contributed by atoms with Gasteiger partial charge in [-0.05, 0) is 62.4 Å². The molecule has 3 aromatic rings. The lowest BCUT2D eigenvalue weighted by atomic mass is 9.95. The number of hydrogen-bond acceptors (Lipinski definition) is 7. The normalized spacial score (nSPS) is 13.0. The first-order chi connectivity index (χ1) is 15.5. The van der Waals surface area contributed by atoms with Gasteiger partial charge in [0.1, 0.15) is 5.00 Å². The Hall–Kier alpha value is -2.36. The predicted molar refractivity (Wildman–Crippen MR) is 128 cm³/mol. The van der Waals surface area contributed by atoms with E-state index >= 15 is 0 Å². The van der Waals surface area contributed by atoms with Crippen molar-refractivity contribution in [3.05, 3.63) is 45.3 Å². The fourth-order valence-electron chi connectivity index (χ4n) is 3.66. The van der Waals surface area contributed by atoms with Gasteiger partial charge in [0.2, 0.25) is 5.91 Å². The molecule has 2 heterocycles. The summed E-state index contributed by atoms with van der Waals surface area (Å²) in [6, 6.07) is 7.35. The molecule has 0 saturated heterocycles. The highest BCUT2D eigenvalue weighted by Crippen LogP contribution is 2.38. The second-order valence-electron chi connectivity index (χ2n) is 7.34. The predicted octanol–water partition coefficient (Wildman–Crippen LogP) is 4.98. The third-order valence-electron chi connectivity index (χ3n) is 5.17. The lowest BCUT2D eigenvalue weighted by Gasteiger charge is -2.12. The molecule has 168 valence electrons. The van der Waals surface area contributed by atoms with E-state index in [2.05, 4.69) is 15.5 Å². The zero-order valence-electron chi connectivity index (χ0n) is 17.8. The number of halogens is 1. The number of hydrogen-bond donors (Lipinski definition) is 1. The van der Waals surface area contributed by atoms with Crippen LogP contribution in [0.1, 0.15) is 40.6 Å². The van der Waals surface area contributed by atoms with Crippen LogP contribution in [0, 0.1) is 0 Å². The summed E-state index contributed by atoms with van der Waals surface area (Å²) in [7, 11) is 1.86. The molecule has 10 heteroatoms. The van der Waals surface area contributed by atoms with Gasteiger partial charge in [0.15, 0.2) is 11.0 Å². The highest BCUT2D eigenvalue weighted by molar-refractivity contribution is 7.99. The maximum absolute atomic E-state index is 12.7. The Kier molecular flexibility index (Phi) is 7.17. The second kappa shape index (κ2) is 10.1. The number of carbonyl (C=O) groups excluding carboxylic acids is 2. The Balaban J connectivity index is 1.45. The lowest BCUT2D eigenvalue weighted by molar-refractivity contribution is -0.113. The van der Waals surface area contributed by atoms with Crippen LogP contribution >= 0.6 is 34.7 Å². The first-order valence-electron chi connectivity index (χ1n) is 10.4. The Morgan fingerprint density at radius 3 is 2.72 bits per heavy atom. The summed E-state index contributed by atoms with van der Waals surface area (Å²) in [5, 5.41) is 13.2. The maximum Gasteiger partial charge on any atom is 0.341 e. The van der Waals surface area contributed by atoms with E-state index in [9.17, 15) is 9.59 Å². The van der Waals surface area contributed by atoms with Crippen LogP contribution in [-0.2, 0) is 29.4 Å². The van der Waals surface area contributed by atoms with Crippen LogP contribution in [0.15, 0.2) is 29.4 Å². The minimum atomic E-state index is -0.365. The summed E-state index contributed by atoms with van der Waals surface area (Å²) in [5.41, 5.74) is 2.45. The zero-order chi connectivity index (χ0) is 22.7. The van der Waals surface area contributed by atoms with Crippen molar-refractivity contribution in [2.45, 2.75) is 37.8 Å². The minimum absolute atomic E-state index is 0.150. The van der Waals surface area contributed by atoms with E-state index in [1.54, 1.807) is 19.1 Å². The molecule has 1 N–H and O–H groups in total. The average Bonchev–Trinajstić information content (AvgIpc) is 3.33. The maximum atomic E-state index is 12.7. The molecule has 1 aromatic carbocycles. The number of esters is 1. The highest BCUT2D eigenvalue weighted by atomic mass is 35.5. The summed E-state index contributed by atoms with van der Waals surface area (Å²) in [6.07, 6.45) is 3.92. The summed E-state index contributed by atoms with van der Waals surface area (Å²) in [6.45, 7) is 2.08. The van der Waals surface area contributed by atoms with Crippen LogP contribution in [0.5, 0.6) is 0 Å². The van der Waals surface area contributed by atoms with Gasteiger partial charge < -0.3 is 14.6 Å². The lowest BCUT2D eigenvalue weighted by Crippen LogP contribution is -2.17. The average molecular weight is 491 g/mol. The molecule has 0 radical (unpaired) electrons. The smallest absolute Gasteiger partial charge is 0.341 e. The van der Waals surface area contributed by atoms with Gasteiger partial charge in [0, 0.05) is 22.5 Å². The van der Waals surface area contributed by atoms with Gasteiger partial charge in [0.25, 0.3) is 0 Å². The van der Waals surface area contributed by atoms with Crippen LogP contribution in [0.2, 0.25) is 5.02 Å². The summed E-state index contributed by atoms with van der Waals surface area (Å²) in [4.78, 5) is 26.4. The number of aromatic nitrogens is 3. The zero-order valence-corrected chi connectivity index (χ0v) is 20.2. The molecule has 0 bridgehead atoms. The van der Waals surface area contributed by atoms with Crippen molar-refractivity contribution in [2.75, 3.05) is 17.7 Å². The van der Waals surface area contributed by atoms with Crippen molar-refractivity contribution in [1.82, 2.24) is 14.8 Å². The van der Waals surface area contributed by atoms with Gasteiger partial charge in [-0.15, -0.1) is 21.5 Å². The van der Waals surface area contributed by atoms with Crippen LogP contribution in [0.4, 0.5) is 5.00 Å². The minimum Gasteiger partial charge on any atom is -0.462 e. The molecule has 1 aliphatic carbocycles. The molecule has 0 unspecified atom stereocenters. The van der Waals surface area contributed by atoms with Crippen LogP contribution in [0.3, 0.4) is 0 Å². The molecule has 2 aromatic heterocycles. The van der Waals surface area contributed by atoms with Crippen molar-refractivity contribution in [2.24, 2.45) is 7.05 Å². The number of ether oxygens (including phenoxy) is 1. The first kappa shape index (κ1) is 22.8. The second-order valence-corrected chi connectivity index (χ2v) is 9.83. The first-order valence-corrected chi connectivity index (χ1v) is 12.6. The topological polar surface area (TPSA) is 86.1 Å². The van der Waals surface area contributed by atoms with Gasteiger partial charge >= 0.3 is 5.97 Å². The number of nitrogens with zero attached hydrogens (tertiary/aromatic N) is 3. The molecule has 7 nitrogen and oxygen atoms in total. The third kappa shape index (κ3) is 4.84. The summed E-state index contributed by atoms with van der Waals surface area (Å²) in [5.74, 6) is 0.281. The van der Waals surface area contributed by atoms with E-state index in [-0.39, 0.29) is 17.6 Å². The Bertz CT molecular complexity index is 1140. The molecular weight excluding hydrogens is 468 g/mol. The summed E-state index contributed by atoms with van der Waals surface area (Å²) >= 11 is 8.73. The number of benzene rings is 1. The van der Waals surface area contributed by atoms with Crippen molar-refractivity contribution in [3.63, 3.8) is 0 Å². The van der Waals surface area contributed by atoms with E-state index in [1.165, 1.54) is 28.0 Å². The number of amides is 1. The molecule has 1 amide bonds. The van der Waals surface area contributed by atoms with Crippen molar-refractivity contribution >= 4 is 51.6 Å². The van der Waals surface area contributed by atoms with Gasteiger partial charge in [-0.1, -0.05) is 23.4 Å². The number of aryl methyl sites for hydroxylation is 1. The molecule has 1 aliphatic rings. The van der Waals surface area contributed by atoms with Gasteiger partial charge in [-0.2, -0.15) is 0 Å². The molecule has 32 heavy (non-hydrogen) atoms. The molecule has 0 atom stereocenters. The fraction of sp³-hybridized carbons (Fsp3) is 0.364. The molecule has 0 fully saturated rings. The molecule has 0 aliphatic heterocycles. The molecule has 4 rings (SSSR count). The van der Waals surface area contributed by atoms with Crippen molar-refractivity contribution in [1.29, 1.82) is 0 Å². The number of carbonyl (C=O) groups is 2. The van der Waals surface area contributed by atoms with Gasteiger partial charge in [0.05, 0.1) is 17.9 Å². The fourth-order valence-corrected chi connectivity index (χ4v) is 5.79. The number of rotatable bonds is 7. The standard InChI is InChI=1S/C22H23ClN4O3S2/c1-3-30-21(29)18-15-6-4-5-7-16(15)32-20(18)24-17(28)12-31-22-26-25-19(27(22)2)13-8-10-14(23)11-9-13/h8-11H,3-7,12H2,1-2H3,(H,24,28). The van der Waals surface area contributed by atoms with E-state index in [0.29, 0.717) is 33.2 Å². The monoisotopic (exact) mass is 490 g/mol. The number of thiophene rings is 1. The number of thioether (sulfide) groups is 1. The van der Waals surface area contributed by atoms with Crippen molar-refractivity contribution in [3.8, 4) is 11.4 Å². The van der Waals surface area contributed by atoms with Gasteiger partial charge in [-0.25, -0.2) is 4.79 Å². The number of fused-ring (bicyclic) bond motifs is 1. The van der Waals surface area contributed by atoms with Crippen molar-refractivity contribution < 1.29 is 14.3 Å².